The Hall–Kier alpha value is -2.70. The molecule has 1 amide bonds. The summed E-state index contributed by atoms with van der Waals surface area (Å²) in [5.41, 5.74) is 2.51. The molecule has 0 spiro atoms. The number of nitrogens with one attached hydrogen (secondary N) is 1. The minimum absolute atomic E-state index is 0.261. The van der Waals surface area contributed by atoms with Gasteiger partial charge in [-0.3, -0.25) is 4.79 Å². The molecule has 0 fully saturated rings. The minimum atomic E-state index is -2.82. The molecule has 1 atom stereocenters. The molecule has 2 aromatic rings. The number of halogens is 2. The molecule has 1 aromatic heterocycles. The van der Waals surface area contributed by atoms with E-state index in [1.165, 1.54) is 0 Å². The van der Waals surface area contributed by atoms with E-state index in [9.17, 15) is 18.4 Å². The standard InChI is InChI=1S/C17H18F2N2O3/c1-10-8-13(11(2)21(10)12-6-4-3-5-7-12)16(22)20-14(17(23)24)9-15(18)19/h3-8,14-15H,9H2,1-2H3,(H,20,22)(H,23,24). The molecule has 0 radical (unpaired) electrons. The van der Waals surface area contributed by atoms with Gasteiger partial charge in [0.1, 0.15) is 6.04 Å². The first-order valence-corrected chi connectivity index (χ1v) is 7.37. The van der Waals surface area contributed by atoms with Gasteiger partial charge in [0, 0.05) is 23.5 Å². The maximum Gasteiger partial charge on any atom is 0.326 e. The first-order valence-electron chi connectivity index (χ1n) is 7.37. The Kier molecular flexibility index (Phi) is 5.33. The van der Waals surface area contributed by atoms with Crippen molar-refractivity contribution in [3.05, 3.63) is 53.3 Å². The molecule has 0 saturated carbocycles. The number of amides is 1. The Morgan fingerprint density at radius 1 is 1.21 bits per heavy atom. The lowest BCUT2D eigenvalue weighted by atomic mass is 10.1. The number of aryl methyl sites for hydroxylation is 1. The third kappa shape index (κ3) is 3.79. The van der Waals surface area contributed by atoms with Crippen LogP contribution in [0.2, 0.25) is 0 Å². The van der Waals surface area contributed by atoms with E-state index in [2.05, 4.69) is 5.32 Å². The predicted octanol–water partition coefficient (Wildman–Crippen LogP) is 2.93. The van der Waals surface area contributed by atoms with Crippen molar-refractivity contribution in [2.75, 3.05) is 0 Å². The molecule has 0 bridgehead atoms. The molecule has 24 heavy (non-hydrogen) atoms. The summed E-state index contributed by atoms with van der Waals surface area (Å²) >= 11 is 0. The number of rotatable bonds is 6. The summed E-state index contributed by atoms with van der Waals surface area (Å²) < 4.78 is 26.7. The van der Waals surface area contributed by atoms with E-state index < -0.39 is 30.8 Å². The van der Waals surface area contributed by atoms with Crippen molar-refractivity contribution in [1.82, 2.24) is 9.88 Å². The quantitative estimate of drug-likeness (QED) is 0.852. The molecule has 128 valence electrons. The fraction of sp³-hybridized carbons (Fsp3) is 0.294. The lowest BCUT2D eigenvalue weighted by Gasteiger charge is -2.14. The monoisotopic (exact) mass is 336 g/mol. The number of alkyl halides is 2. The van der Waals surface area contributed by atoms with Crippen LogP contribution in [0.4, 0.5) is 8.78 Å². The Morgan fingerprint density at radius 2 is 1.83 bits per heavy atom. The second-order valence-electron chi connectivity index (χ2n) is 5.45. The third-order valence-electron chi connectivity index (χ3n) is 3.71. The smallest absolute Gasteiger partial charge is 0.326 e. The number of benzene rings is 1. The van der Waals surface area contributed by atoms with Crippen molar-refractivity contribution in [2.24, 2.45) is 0 Å². The summed E-state index contributed by atoms with van der Waals surface area (Å²) in [4.78, 5) is 23.4. The van der Waals surface area contributed by atoms with Crippen molar-refractivity contribution < 1.29 is 23.5 Å². The Morgan fingerprint density at radius 3 is 2.38 bits per heavy atom. The maximum absolute atomic E-state index is 12.4. The SMILES string of the molecule is Cc1cc(C(=O)NC(CC(F)F)C(=O)O)c(C)n1-c1ccccc1. The minimum Gasteiger partial charge on any atom is -0.480 e. The first-order chi connectivity index (χ1) is 11.3. The summed E-state index contributed by atoms with van der Waals surface area (Å²) in [5.74, 6) is -2.17. The zero-order valence-electron chi connectivity index (χ0n) is 13.3. The predicted molar refractivity (Wildman–Crippen MR) is 84.8 cm³/mol. The molecule has 1 unspecified atom stereocenters. The van der Waals surface area contributed by atoms with Crippen molar-refractivity contribution in [3.8, 4) is 5.69 Å². The fourth-order valence-corrected chi connectivity index (χ4v) is 2.60. The summed E-state index contributed by atoms with van der Waals surface area (Å²) in [6.07, 6.45) is -3.75. The number of para-hydroxylation sites is 1. The summed E-state index contributed by atoms with van der Waals surface area (Å²) in [6, 6.07) is 9.31. The molecule has 7 heteroatoms. The zero-order chi connectivity index (χ0) is 17.9. The van der Waals surface area contributed by atoms with Crippen LogP contribution >= 0.6 is 0 Å². The van der Waals surface area contributed by atoms with E-state index in [1.54, 1.807) is 13.0 Å². The lowest BCUT2D eigenvalue weighted by molar-refractivity contribution is -0.140. The van der Waals surface area contributed by atoms with Gasteiger partial charge >= 0.3 is 5.97 Å². The number of nitrogens with zero attached hydrogens (tertiary/aromatic N) is 1. The van der Waals surface area contributed by atoms with E-state index >= 15 is 0 Å². The van der Waals surface area contributed by atoms with Gasteiger partial charge in [-0.2, -0.15) is 0 Å². The highest BCUT2D eigenvalue weighted by Crippen LogP contribution is 2.21. The second kappa shape index (κ2) is 7.25. The lowest BCUT2D eigenvalue weighted by Crippen LogP contribution is -2.42. The third-order valence-corrected chi connectivity index (χ3v) is 3.71. The number of carboxylic acids is 1. The molecule has 0 aliphatic heterocycles. The summed E-state index contributed by atoms with van der Waals surface area (Å²) in [5, 5.41) is 11.1. The number of carboxylic acid groups (broad SMARTS) is 1. The molecule has 1 aromatic carbocycles. The van der Waals surface area contributed by atoms with E-state index in [0.29, 0.717) is 5.69 Å². The molecule has 0 saturated heterocycles. The topological polar surface area (TPSA) is 71.3 Å². The van der Waals surface area contributed by atoms with Gasteiger partial charge in [0.2, 0.25) is 6.43 Å². The van der Waals surface area contributed by atoms with Crippen LogP contribution in [0.15, 0.2) is 36.4 Å². The molecule has 2 N–H and O–H groups in total. The largest absolute Gasteiger partial charge is 0.480 e. The van der Waals surface area contributed by atoms with E-state index in [4.69, 9.17) is 5.11 Å². The van der Waals surface area contributed by atoms with Crippen LogP contribution in [0.25, 0.3) is 5.69 Å². The van der Waals surface area contributed by atoms with Gasteiger partial charge in [0.25, 0.3) is 5.91 Å². The van der Waals surface area contributed by atoms with Gasteiger partial charge < -0.3 is 15.0 Å². The fourth-order valence-electron chi connectivity index (χ4n) is 2.60. The first kappa shape index (κ1) is 17.7. The molecular formula is C17H18F2N2O3. The number of carbonyl (C=O) groups excluding carboxylic acids is 1. The second-order valence-corrected chi connectivity index (χ2v) is 5.45. The van der Waals surface area contributed by atoms with Crippen LogP contribution < -0.4 is 5.32 Å². The molecular weight excluding hydrogens is 318 g/mol. The molecule has 1 heterocycles. The number of hydrogen-bond acceptors (Lipinski definition) is 2. The molecule has 0 aliphatic rings. The van der Waals surface area contributed by atoms with Crippen molar-refractivity contribution in [1.29, 1.82) is 0 Å². The van der Waals surface area contributed by atoms with Crippen molar-refractivity contribution >= 4 is 11.9 Å². The Bertz CT molecular complexity index is 742. The zero-order valence-corrected chi connectivity index (χ0v) is 13.3. The van der Waals surface area contributed by atoms with Gasteiger partial charge in [-0.25, -0.2) is 13.6 Å². The van der Waals surface area contributed by atoms with Crippen LogP contribution in [0.3, 0.4) is 0 Å². The highest BCUT2D eigenvalue weighted by molar-refractivity contribution is 5.98. The molecule has 2 rings (SSSR count). The molecule has 5 nitrogen and oxygen atoms in total. The van der Waals surface area contributed by atoms with Crippen molar-refractivity contribution in [3.63, 3.8) is 0 Å². The summed E-state index contributed by atoms with van der Waals surface area (Å²) in [7, 11) is 0. The number of hydrogen-bond donors (Lipinski definition) is 2. The van der Waals surface area contributed by atoms with E-state index in [-0.39, 0.29) is 5.56 Å². The van der Waals surface area contributed by atoms with Gasteiger partial charge in [0.05, 0.1) is 5.56 Å². The van der Waals surface area contributed by atoms with Crippen molar-refractivity contribution in [2.45, 2.75) is 32.7 Å². The average Bonchev–Trinajstić information content (AvgIpc) is 2.81. The highest BCUT2D eigenvalue weighted by Gasteiger charge is 2.26. The number of aromatic nitrogens is 1. The van der Waals surface area contributed by atoms with Gasteiger partial charge in [0.15, 0.2) is 0 Å². The molecule has 0 aliphatic carbocycles. The van der Waals surface area contributed by atoms with Gasteiger partial charge in [-0.1, -0.05) is 18.2 Å². The Labute approximate surface area is 137 Å². The van der Waals surface area contributed by atoms with Crippen LogP contribution in [0, 0.1) is 13.8 Å². The highest BCUT2D eigenvalue weighted by atomic mass is 19.3. The van der Waals surface area contributed by atoms with Gasteiger partial charge in [-0.05, 0) is 32.0 Å². The average molecular weight is 336 g/mol. The van der Waals surface area contributed by atoms with Gasteiger partial charge in [-0.15, -0.1) is 0 Å². The van der Waals surface area contributed by atoms with Crippen LogP contribution in [0.1, 0.15) is 28.2 Å². The van der Waals surface area contributed by atoms with Crippen LogP contribution in [-0.4, -0.2) is 34.0 Å². The van der Waals surface area contributed by atoms with Crippen LogP contribution in [0.5, 0.6) is 0 Å². The van der Waals surface area contributed by atoms with Crippen LogP contribution in [-0.2, 0) is 4.79 Å². The maximum atomic E-state index is 12.4. The Balaban J connectivity index is 2.29. The summed E-state index contributed by atoms with van der Waals surface area (Å²) in [6.45, 7) is 3.53. The van der Waals surface area contributed by atoms with E-state index in [1.807, 2.05) is 41.8 Å². The normalized spacial score (nSPS) is 12.2. The number of aliphatic carboxylic acids is 1. The van der Waals surface area contributed by atoms with E-state index in [0.717, 1.165) is 11.4 Å². The number of carbonyl (C=O) groups is 2.